The predicted molar refractivity (Wildman–Crippen MR) is 48.7 cm³/mol. The van der Waals surface area contributed by atoms with Crippen molar-refractivity contribution in [2.24, 2.45) is 4.99 Å². The molecule has 4 heteroatoms. The first-order valence-electron chi connectivity index (χ1n) is 3.77. The van der Waals surface area contributed by atoms with Crippen LogP contribution >= 0.6 is 0 Å². The van der Waals surface area contributed by atoms with Gasteiger partial charge in [0.15, 0.2) is 12.4 Å². The molecule has 1 heterocycles. The Morgan fingerprint density at radius 2 is 2.00 bits per heavy atom. The van der Waals surface area contributed by atoms with Crippen LogP contribution in [0.5, 0.6) is 0 Å². The van der Waals surface area contributed by atoms with Gasteiger partial charge in [-0.1, -0.05) is 6.07 Å². The van der Waals surface area contributed by atoms with Crippen LogP contribution in [0.15, 0.2) is 35.6 Å². The van der Waals surface area contributed by atoms with Gasteiger partial charge in [0.25, 0.3) is 0 Å². The number of rotatable bonds is 1. The van der Waals surface area contributed by atoms with Crippen molar-refractivity contribution >= 4 is 6.01 Å². The number of aliphatic imine (C=N–C) groups is 1. The van der Waals surface area contributed by atoms with Gasteiger partial charge in [-0.2, -0.15) is 5.26 Å². The fourth-order valence-electron chi connectivity index (χ4n) is 0.667. The number of pyridine rings is 1. The van der Waals surface area contributed by atoms with Crippen molar-refractivity contribution in [1.29, 1.82) is 5.26 Å². The fourth-order valence-corrected chi connectivity index (χ4v) is 0.667. The molecule has 0 atom stereocenters. The van der Waals surface area contributed by atoms with Crippen LogP contribution in [0.3, 0.4) is 0 Å². The van der Waals surface area contributed by atoms with Crippen LogP contribution in [0.2, 0.25) is 0 Å². The van der Waals surface area contributed by atoms with E-state index in [-0.39, 0.29) is 0 Å². The van der Waals surface area contributed by atoms with Gasteiger partial charge in [0, 0.05) is 12.1 Å². The fraction of sp³-hybridized carbons (Fsp3) is 0.222. The highest BCUT2D eigenvalue weighted by molar-refractivity contribution is 5.46. The Morgan fingerprint density at radius 1 is 1.38 bits per heavy atom. The number of hydrogen-bond acceptors (Lipinski definition) is 2. The molecule has 0 spiro atoms. The summed E-state index contributed by atoms with van der Waals surface area (Å²) in [6.07, 6.45) is 5.39. The molecule has 0 aromatic carbocycles. The van der Waals surface area contributed by atoms with Crippen LogP contribution in [0, 0.1) is 11.5 Å². The summed E-state index contributed by atoms with van der Waals surface area (Å²) in [6, 6.07) is 7.36. The van der Waals surface area contributed by atoms with Crippen LogP contribution in [0.4, 0.5) is 0 Å². The van der Waals surface area contributed by atoms with Crippen LogP contribution in [-0.4, -0.2) is 6.01 Å². The molecule has 0 radical (unpaired) electrons. The molecule has 0 saturated heterocycles. The van der Waals surface area contributed by atoms with Crippen LogP contribution < -0.4 is 4.57 Å². The van der Waals surface area contributed by atoms with Gasteiger partial charge >= 0.3 is 0 Å². The highest BCUT2D eigenvalue weighted by Crippen LogP contribution is 1.74. The van der Waals surface area contributed by atoms with Gasteiger partial charge in [0.05, 0.1) is 6.19 Å². The minimum Gasteiger partial charge on any atom is -0.422 e. The molecule has 4 nitrogen and oxygen atoms in total. The first-order chi connectivity index (χ1) is 6.35. The average molecular weight is 174 g/mol. The molecule has 1 aromatic heterocycles. The Hall–Kier alpha value is -1.98. The van der Waals surface area contributed by atoms with Crippen molar-refractivity contribution in [1.82, 2.24) is 0 Å². The standard InChI is InChI=1S/C7H10N.C2N3/c1-2-8-6-4-3-5-7-8;3-1-5-2-4/h3-7H,2H2,1H3;/q+1;-1. The van der Waals surface area contributed by atoms with Gasteiger partial charge in [-0.3, -0.25) is 0 Å². The second-order valence-corrected chi connectivity index (χ2v) is 2.02. The summed E-state index contributed by atoms with van der Waals surface area (Å²) < 4.78 is 2.12. The maximum atomic E-state index is 7.43. The van der Waals surface area contributed by atoms with E-state index in [0.29, 0.717) is 0 Å². The third-order valence-corrected chi connectivity index (χ3v) is 1.24. The molecule has 66 valence electrons. The Bertz CT molecular complexity index is 306. The zero-order valence-corrected chi connectivity index (χ0v) is 7.38. The lowest BCUT2D eigenvalue weighted by atomic mass is 10.5. The van der Waals surface area contributed by atoms with Gasteiger partial charge in [0.1, 0.15) is 6.54 Å². The highest BCUT2D eigenvalue weighted by atomic mass is 14.9. The Kier molecular flexibility index (Phi) is 6.88. The van der Waals surface area contributed by atoms with E-state index in [1.54, 1.807) is 0 Å². The van der Waals surface area contributed by atoms with Gasteiger partial charge in [-0.05, 0) is 6.92 Å². The monoisotopic (exact) mass is 174 g/mol. The van der Waals surface area contributed by atoms with Crippen molar-refractivity contribution in [3.05, 3.63) is 36.0 Å². The SMILES string of the molecule is CC[n+]1ccccc1.N#CN=C=[N-]. The van der Waals surface area contributed by atoms with Crippen molar-refractivity contribution in [3.63, 3.8) is 0 Å². The van der Waals surface area contributed by atoms with E-state index in [9.17, 15) is 0 Å². The van der Waals surface area contributed by atoms with E-state index in [1.165, 1.54) is 12.2 Å². The van der Waals surface area contributed by atoms with Crippen molar-refractivity contribution in [3.8, 4) is 6.19 Å². The summed E-state index contributed by atoms with van der Waals surface area (Å²) in [5, 5.41) is 14.9. The molecule has 0 aliphatic carbocycles. The second kappa shape index (κ2) is 8.12. The Labute approximate surface area is 77.3 Å². The molecule has 0 bridgehead atoms. The van der Waals surface area contributed by atoms with Crippen molar-refractivity contribution < 1.29 is 4.57 Å². The first kappa shape index (κ1) is 11.0. The minimum atomic E-state index is 1.06. The predicted octanol–water partition coefficient (Wildman–Crippen LogP) is 1.20. The van der Waals surface area contributed by atoms with Crippen LogP contribution in [0.25, 0.3) is 5.41 Å². The van der Waals surface area contributed by atoms with Crippen LogP contribution in [0.1, 0.15) is 6.92 Å². The van der Waals surface area contributed by atoms with Crippen molar-refractivity contribution in [2.75, 3.05) is 0 Å². The summed E-state index contributed by atoms with van der Waals surface area (Å²) in [7, 11) is 0. The molecular formula is C9H10N4. The molecule has 0 aliphatic heterocycles. The molecule has 0 fully saturated rings. The number of hydrogen-bond donors (Lipinski definition) is 0. The largest absolute Gasteiger partial charge is 0.422 e. The molecule has 1 aromatic rings. The first-order valence-corrected chi connectivity index (χ1v) is 3.77. The van der Waals surface area contributed by atoms with Gasteiger partial charge in [-0.15, -0.1) is 6.01 Å². The normalized spacial score (nSPS) is 7.08. The Morgan fingerprint density at radius 3 is 2.23 bits per heavy atom. The van der Waals surface area contributed by atoms with Gasteiger partial charge in [-0.25, -0.2) is 4.57 Å². The van der Waals surface area contributed by atoms with E-state index in [4.69, 9.17) is 10.7 Å². The number of aryl methyl sites for hydroxylation is 1. The minimum absolute atomic E-state index is 1.06. The molecule has 0 N–H and O–H groups in total. The second-order valence-electron chi connectivity index (χ2n) is 2.02. The molecule has 0 amide bonds. The van der Waals surface area contributed by atoms with Gasteiger partial charge < -0.3 is 10.4 Å². The number of nitriles is 1. The lowest BCUT2D eigenvalue weighted by Crippen LogP contribution is -2.30. The zero-order chi connectivity index (χ0) is 9.94. The third kappa shape index (κ3) is 6.42. The molecule has 13 heavy (non-hydrogen) atoms. The van der Waals surface area contributed by atoms with Crippen LogP contribution in [-0.2, 0) is 6.54 Å². The summed E-state index contributed by atoms with van der Waals surface area (Å²) in [6.45, 7) is 3.18. The average Bonchev–Trinajstić information content (AvgIpc) is 2.21. The van der Waals surface area contributed by atoms with E-state index < -0.39 is 0 Å². The Balaban J connectivity index is 0.000000252. The smallest absolute Gasteiger partial charge is 0.168 e. The lowest BCUT2D eigenvalue weighted by Gasteiger charge is -1.84. The van der Waals surface area contributed by atoms with Gasteiger partial charge in [0.2, 0.25) is 0 Å². The molecule has 0 saturated carbocycles. The lowest BCUT2D eigenvalue weighted by molar-refractivity contribution is -0.693. The molecule has 0 unspecified atom stereocenters. The van der Waals surface area contributed by atoms with E-state index >= 15 is 0 Å². The molecule has 0 aliphatic rings. The summed E-state index contributed by atoms with van der Waals surface area (Å²) in [5.41, 5.74) is 0. The zero-order valence-electron chi connectivity index (χ0n) is 7.38. The maximum Gasteiger partial charge on any atom is 0.168 e. The summed E-state index contributed by atoms with van der Waals surface area (Å²) in [4.78, 5) is 2.58. The topological polar surface area (TPSA) is 62.3 Å². The van der Waals surface area contributed by atoms with Crippen molar-refractivity contribution in [2.45, 2.75) is 13.5 Å². The molecule has 1 rings (SSSR count). The number of nitrogens with zero attached hydrogens (tertiary/aromatic N) is 4. The third-order valence-electron chi connectivity index (χ3n) is 1.24. The maximum absolute atomic E-state index is 7.43. The quantitative estimate of drug-likeness (QED) is 0.358. The summed E-state index contributed by atoms with van der Waals surface area (Å²) >= 11 is 0. The molecular weight excluding hydrogens is 164 g/mol. The highest BCUT2D eigenvalue weighted by Gasteiger charge is 1.86. The summed E-state index contributed by atoms with van der Waals surface area (Å²) in [5.74, 6) is 0. The van der Waals surface area contributed by atoms with E-state index in [1.807, 2.05) is 18.2 Å². The number of aromatic nitrogens is 1. The van der Waals surface area contributed by atoms with E-state index in [0.717, 1.165) is 6.54 Å². The van der Waals surface area contributed by atoms with E-state index in [2.05, 4.69) is 28.9 Å².